The molecule has 30 atom stereocenters. The highest BCUT2D eigenvalue weighted by Gasteiger charge is 2.70. The van der Waals surface area contributed by atoms with E-state index in [2.05, 4.69) is 0 Å². The van der Waals surface area contributed by atoms with Crippen molar-refractivity contribution in [2.24, 2.45) is 11.8 Å². The molecule has 1 aromatic rings. The standard InChI is InChI=1S/C58H86Cl2O29/c1-21(2)56(67)19-75-58(50-49(56)73-20-74-50)86-31-18-72-53(47(71-13)44(31)87-58)84-54-46(70-12)38(64)43(30(79-54)17-68-10)83-52-39(65)40(22(3)24(5)78-52)81-33-16-55(9)48(27(8)77-33)88-57(89-55)15-29(62)42(26(7)85-57)80-32-14-28(61)41(25(6)76-32)82-51(66)34-23(4)35(59)37(63)36(60)45(34)69-11/h21-22,24-33,38-44,46-50,52-54,61-65,67H,14-20H2,1-13H3/t22-,24+,25+,26+,27+,28+,29+,30+,31-,32-,33-,38-,39+,40-,41+,42+,43+,44+,46-,47+,48+,49+,50+,52-,53-,54-,55+,56+,57+,58+/m0/s1. The van der Waals surface area contributed by atoms with Crippen molar-refractivity contribution in [2.75, 3.05) is 55.1 Å². The van der Waals surface area contributed by atoms with Gasteiger partial charge in [-0.05, 0) is 53.0 Å². The van der Waals surface area contributed by atoms with Crippen molar-refractivity contribution in [3.63, 3.8) is 0 Å². The van der Waals surface area contributed by atoms with Crippen LogP contribution >= 0.6 is 23.2 Å². The lowest BCUT2D eigenvalue weighted by atomic mass is 9.80. The van der Waals surface area contributed by atoms with Crippen LogP contribution in [0.25, 0.3) is 0 Å². The molecule has 506 valence electrons. The van der Waals surface area contributed by atoms with Gasteiger partial charge in [0.25, 0.3) is 5.97 Å². The Labute approximate surface area is 524 Å². The number of methoxy groups -OCH3 is 4. The predicted octanol–water partition coefficient (Wildman–Crippen LogP) is 1.80. The molecule has 6 N–H and O–H groups in total. The molecule has 10 aliphatic heterocycles. The Morgan fingerprint density at radius 2 is 1.39 bits per heavy atom. The van der Waals surface area contributed by atoms with Crippen LogP contribution in [0.15, 0.2) is 0 Å². The monoisotopic (exact) mass is 1320 g/mol. The number of ether oxygens (including phenoxy) is 22. The van der Waals surface area contributed by atoms with Crippen molar-refractivity contribution >= 4 is 29.2 Å². The van der Waals surface area contributed by atoms with Crippen LogP contribution in [-0.2, 0) is 99.5 Å². The summed E-state index contributed by atoms with van der Waals surface area (Å²) in [5.74, 6) is -5.73. The molecular weight excluding hydrogens is 1230 g/mol. The molecule has 0 saturated carbocycles. The number of esters is 1. The summed E-state index contributed by atoms with van der Waals surface area (Å²) < 4.78 is 136. The van der Waals surface area contributed by atoms with E-state index in [9.17, 15) is 35.4 Å². The van der Waals surface area contributed by atoms with E-state index in [4.69, 9.17) is 127 Å². The number of phenols is 1. The lowest BCUT2D eigenvalue weighted by molar-refractivity contribution is -0.420. The number of phenolic OH excluding ortho intramolecular Hbond substituents is 1. The van der Waals surface area contributed by atoms with Gasteiger partial charge in [-0.2, -0.15) is 0 Å². The van der Waals surface area contributed by atoms with Gasteiger partial charge in [0.05, 0.1) is 81.1 Å². The Bertz CT molecular complexity index is 2620. The van der Waals surface area contributed by atoms with Crippen LogP contribution in [0.2, 0.25) is 10.0 Å². The second-order valence-electron chi connectivity index (χ2n) is 25.3. The van der Waals surface area contributed by atoms with E-state index in [1.807, 2.05) is 27.7 Å². The molecule has 0 radical (unpaired) electrons. The van der Waals surface area contributed by atoms with Crippen molar-refractivity contribution in [2.45, 2.75) is 258 Å². The first-order valence-electron chi connectivity index (χ1n) is 30.2. The summed E-state index contributed by atoms with van der Waals surface area (Å²) in [4.78, 5) is 13.5. The predicted molar refractivity (Wildman–Crippen MR) is 297 cm³/mol. The van der Waals surface area contributed by atoms with Gasteiger partial charge in [0.15, 0.2) is 55.2 Å². The molecule has 2 spiro atoms. The minimum absolute atomic E-state index is 0.0424. The molecule has 0 aromatic heterocycles. The van der Waals surface area contributed by atoms with Crippen molar-refractivity contribution < 1.29 is 140 Å². The number of carbonyl (C=O) groups is 1. The second-order valence-corrected chi connectivity index (χ2v) is 26.1. The SMILES string of the molecule is COC[C@H]1O[C@@H](O[C@@H]2OC[C@@H]3O[C@@]4(OC[C@@](O)(C(C)C)[C@@H]5OCO[C@H]54)O[C@H]3[C@H]2OC)[C@@H](OC)[C@@H](O)[C@@H]1O[C@@H]1O[C@H](C)[C@H](C)[C@H](O[C@H]2C[C@@]3(C)O[C@@]4(C[C@@H](O)[C@H](O[C@H]5C[C@@H](O)[C@H](OC(=O)c6c(C)c(Cl)c(O)c(Cl)c6OC)[C@@H](C)O5)[C@@H](C)O4)O[C@@H]3[C@@H](C)O2)[C@H]1O. The van der Waals surface area contributed by atoms with E-state index >= 15 is 0 Å². The number of aliphatic hydroxyl groups is 5. The number of hydrogen-bond donors (Lipinski definition) is 6. The van der Waals surface area contributed by atoms with Crippen LogP contribution in [0.3, 0.4) is 0 Å². The maximum absolute atomic E-state index is 13.5. The number of carbonyl (C=O) groups excluding carboxylic acids is 1. The fourth-order valence-corrected chi connectivity index (χ4v) is 14.6. The van der Waals surface area contributed by atoms with Crippen LogP contribution in [0, 0.1) is 18.8 Å². The molecular formula is C58H86Cl2O29. The number of rotatable bonds is 16. The van der Waals surface area contributed by atoms with E-state index in [1.54, 1.807) is 27.7 Å². The first-order valence-corrected chi connectivity index (χ1v) is 31.0. The third-order valence-electron chi connectivity index (χ3n) is 19.2. The van der Waals surface area contributed by atoms with Gasteiger partial charge in [-0.3, -0.25) is 0 Å². The number of aromatic hydroxyl groups is 1. The van der Waals surface area contributed by atoms with Crippen LogP contribution in [0.4, 0.5) is 0 Å². The molecule has 11 rings (SSSR count). The van der Waals surface area contributed by atoms with Gasteiger partial charge < -0.3 is 135 Å². The smallest absolute Gasteiger partial charge is 0.342 e. The number of halogens is 2. The molecule has 10 fully saturated rings. The lowest BCUT2D eigenvalue weighted by Crippen LogP contribution is -2.68. The Balaban J connectivity index is 0.696. The fraction of sp³-hybridized carbons (Fsp3) is 0.879. The fourth-order valence-electron chi connectivity index (χ4n) is 14.1. The summed E-state index contributed by atoms with van der Waals surface area (Å²) in [5, 5.41) is 68.8. The van der Waals surface area contributed by atoms with Gasteiger partial charge in [-0.15, -0.1) is 0 Å². The molecule has 10 heterocycles. The Kier molecular flexibility index (Phi) is 20.3. The molecule has 89 heavy (non-hydrogen) atoms. The highest BCUT2D eigenvalue weighted by molar-refractivity contribution is 6.39. The number of fused-ring (bicyclic) bond motifs is 4. The minimum Gasteiger partial charge on any atom is -0.505 e. The molecule has 0 amide bonds. The van der Waals surface area contributed by atoms with E-state index in [0.717, 1.165) is 0 Å². The topological polar surface area (TPSA) is 342 Å². The van der Waals surface area contributed by atoms with Crippen LogP contribution in [-0.4, -0.2) is 268 Å². The first kappa shape index (κ1) is 68.3. The lowest BCUT2D eigenvalue weighted by Gasteiger charge is -2.49. The summed E-state index contributed by atoms with van der Waals surface area (Å²) in [5.41, 5.74) is -2.48. The quantitative estimate of drug-likeness (QED) is 0.129. The molecule has 1 aromatic carbocycles. The average Bonchev–Trinajstić information content (AvgIpc) is 1.63. The zero-order valence-electron chi connectivity index (χ0n) is 51.9. The second kappa shape index (κ2) is 26.5. The van der Waals surface area contributed by atoms with E-state index < -0.39 is 194 Å². The minimum atomic E-state index is -1.76. The maximum Gasteiger partial charge on any atom is 0.342 e. The normalized spacial score (nSPS) is 49.0. The summed E-state index contributed by atoms with van der Waals surface area (Å²) in [6, 6.07) is 0. The van der Waals surface area contributed by atoms with E-state index in [1.165, 1.54) is 35.4 Å². The number of hydrogen-bond acceptors (Lipinski definition) is 29. The highest BCUT2D eigenvalue weighted by atomic mass is 35.5. The summed E-state index contributed by atoms with van der Waals surface area (Å²) in [6.45, 7) is 15.3. The molecule has 0 unspecified atom stereocenters. The van der Waals surface area contributed by atoms with Gasteiger partial charge in [0, 0.05) is 40.1 Å². The molecule has 10 saturated heterocycles. The Morgan fingerprint density at radius 1 is 0.685 bits per heavy atom. The molecule has 31 heteroatoms. The summed E-state index contributed by atoms with van der Waals surface area (Å²) in [7, 11) is 5.53. The van der Waals surface area contributed by atoms with Crippen molar-refractivity contribution in [3.8, 4) is 11.5 Å². The van der Waals surface area contributed by atoms with Gasteiger partial charge in [0.2, 0.25) is 0 Å². The number of benzene rings is 1. The average molecular weight is 1320 g/mol. The summed E-state index contributed by atoms with van der Waals surface area (Å²) >= 11 is 12.5. The van der Waals surface area contributed by atoms with Gasteiger partial charge in [0.1, 0.15) is 95.7 Å². The van der Waals surface area contributed by atoms with E-state index in [-0.39, 0.29) is 78.7 Å². The zero-order chi connectivity index (χ0) is 64.1. The first-order chi connectivity index (χ1) is 42.1. The summed E-state index contributed by atoms with van der Waals surface area (Å²) in [6.07, 6.45) is -26.3. The molecule has 29 nitrogen and oxygen atoms in total. The zero-order valence-corrected chi connectivity index (χ0v) is 53.4. The van der Waals surface area contributed by atoms with Crippen molar-refractivity contribution in [1.82, 2.24) is 0 Å². The maximum atomic E-state index is 13.5. The largest absolute Gasteiger partial charge is 0.505 e. The third-order valence-corrected chi connectivity index (χ3v) is 20.0. The Morgan fingerprint density at radius 3 is 2.07 bits per heavy atom. The van der Waals surface area contributed by atoms with Crippen molar-refractivity contribution in [3.05, 3.63) is 21.2 Å². The molecule has 0 bridgehead atoms. The van der Waals surface area contributed by atoms with Crippen LogP contribution in [0.1, 0.15) is 90.6 Å². The van der Waals surface area contributed by atoms with E-state index in [0.29, 0.717) is 0 Å². The Hall–Kier alpha value is -2.13. The van der Waals surface area contributed by atoms with Gasteiger partial charge >= 0.3 is 11.9 Å². The van der Waals surface area contributed by atoms with Crippen LogP contribution < -0.4 is 4.74 Å². The van der Waals surface area contributed by atoms with Crippen molar-refractivity contribution in [1.29, 1.82) is 0 Å². The van der Waals surface area contributed by atoms with Crippen LogP contribution in [0.5, 0.6) is 11.5 Å². The molecule has 10 aliphatic rings. The number of aliphatic hydroxyl groups excluding tert-OH is 4. The van der Waals surface area contributed by atoms with Gasteiger partial charge in [-0.25, -0.2) is 4.79 Å². The van der Waals surface area contributed by atoms with Gasteiger partial charge in [-0.1, -0.05) is 44.0 Å². The highest BCUT2D eigenvalue weighted by Crippen LogP contribution is 2.53. The third kappa shape index (κ3) is 12.4. The molecule has 0 aliphatic carbocycles.